The van der Waals surface area contributed by atoms with E-state index in [0.717, 1.165) is 6.42 Å². The number of H-pyrrole nitrogens is 1. The SMILES string of the molecule is O=S(=O)(Cc1ccccc1F)NC[C@@H]1CC[C@H](c2ncn[nH]2)O1. The number of hydrogen-bond acceptors (Lipinski definition) is 5. The lowest BCUT2D eigenvalue weighted by Crippen LogP contribution is -2.33. The molecule has 1 aliphatic rings. The molecule has 1 saturated heterocycles. The standard InChI is InChI=1S/C14H17FN4O3S/c15-12-4-2-1-3-10(12)8-23(20,21)18-7-11-5-6-13(22-11)14-16-9-17-19-14/h1-4,9,11,13,18H,5-8H2,(H,16,17,19)/t11-,13+/m0/s1. The average Bonchev–Trinajstić information content (AvgIpc) is 3.18. The summed E-state index contributed by atoms with van der Waals surface area (Å²) in [6, 6.07) is 5.83. The number of benzene rings is 1. The van der Waals surface area contributed by atoms with E-state index < -0.39 is 21.6 Å². The van der Waals surface area contributed by atoms with Gasteiger partial charge in [0.2, 0.25) is 10.0 Å². The Balaban J connectivity index is 1.53. The Bertz CT molecular complexity index is 751. The van der Waals surface area contributed by atoms with Crippen LogP contribution < -0.4 is 4.72 Å². The highest BCUT2D eigenvalue weighted by Gasteiger charge is 2.29. The van der Waals surface area contributed by atoms with Crippen molar-refractivity contribution in [2.45, 2.75) is 30.8 Å². The summed E-state index contributed by atoms with van der Waals surface area (Å²) in [5.74, 6) is -0.278. The lowest BCUT2D eigenvalue weighted by molar-refractivity contribution is 0.0430. The molecule has 0 saturated carbocycles. The first kappa shape index (κ1) is 16.0. The molecule has 1 aromatic carbocycles. The van der Waals surface area contributed by atoms with Crippen LogP contribution in [0.25, 0.3) is 0 Å². The maximum Gasteiger partial charge on any atom is 0.215 e. The fourth-order valence-electron chi connectivity index (χ4n) is 2.52. The minimum Gasteiger partial charge on any atom is -0.366 e. The van der Waals surface area contributed by atoms with Crippen molar-refractivity contribution in [1.29, 1.82) is 0 Å². The van der Waals surface area contributed by atoms with Gasteiger partial charge in [-0.25, -0.2) is 22.5 Å². The average molecular weight is 340 g/mol. The second-order valence-corrected chi connectivity index (χ2v) is 7.20. The summed E-state index contributed by atoms with van der Waals surface area (Å²) in [5, 5.41) is 6.51. The Morgan fingerprint density at radius 3 is 2.91 bits per heavy atom. The Labute approximate surface area is 133 Å². The molecular formula is C14H17FN4O3S. The summed E-state index contributed by atoms with van der Waals surface area (Å²) in [4.78, 5) is 4.04. The van der Waals surface area contributed by atoms with Crippen molar-refractivity contribution >= 4 is 10.0 Å². The Morgan fingerprint density at radius 1 is 1.35 bits per heavy atom. The number of nitrogens with zero attached hydrogens (tertiary/aromatic N) is 2. The molecule has 1 aromatic heterocycles. The van der Waals surface area contributed by atoms with Crippen molar-refractivity contribution in [2.24, 2.45) is 0 Å². The molecule has 2 heterocycles. The molecule has 9 heteroatoms. The van der Waals surface area contributed by atoms with Gasteiger partial charge >= 0.3 is 0 Å². The molecule has 0 aliphatic carbocycles. The van der Waals surface area contributed by atoms with Gasteiger partial charge in [-0.3, -0.25) is 5.10 Å². The molecule has 0 unspecified atom stereocenters. The van der Waals surface area contributed by atoms with Gasteiger partial charge in [-0.2, -0.15) is 5.10 Å². The second kappa shape index (κ2) is 6.73. The Hall–Kier alpha value is -1.84. The van der Waals surface area contributed by atoms with Crippen LogP contribution in [0.5, 0.6) is 0 Å². The zero-order valence-corrected chi connectivity index (χ0v) is 13.1. The summed E-state index contributed by atoms with van der Waals surface area (Å²) in [6.07, 6.45) is 2.44. The number of hydrogen-bond donors (Lipinski definition) is 2. The van der Waals surface area contributed by atoms with Crippen molar-refractivity contribution in [2.75, 3.05) is 6.54 Å². The van der Waals surface area contributed by atoms with Gasteiger partial charge in [-0.1, -0.05) is 18.2 Å². The van der Waals surface area contributed by atoms with Gasteiger partial charge in [0, 0.05) is 12.1 Å². The lowest BCUT2D eigenvalue weighted by Gasteiger charge is -2.13. The fourth-order valence-corrected chi connectivity index (χ4v) is 3.70. The van der Waals surface area contributed by atoms with Crippen molar-refractivity contribution in [1.82, 2.24) is 19.9 Å². The van der Waals surface area contributed by atoms with Crippen LogP contribution in [-0.4, -0.2) is 36.2 Å². The first-order valence-corrected chi connectivity index (χ1v) is 8.90. The number of nitrogens with one attached hydrogen (secondary N) is 2. The van der Waals surface area contributed by atoms with Crippen molar-refractivity contribution in [3.05, 3.63) is 47.8 Å². The van der Waals surface area contributed by atoms with Crippen LogP contribution in [0.3, 0.4) is 0 Å². The van der Waals surface area contributed by atoms with E-state index in [1.165, 1.54) is 24.5 Å². The molecule has 0 amide bonds. The third kappa shape index (κ3) is 4.12. The zero-order chi connectivity index (χ0) is 16.3. The number of rotatable bonds is 6. The van der Waals surface area contributed by atoms with E-state index in [4.69, 9.17) is 4.74 Å². The minimum absolute atomic E-state index is 0.145. The van der Waals surface area contributed by atoms with Gasteiger partial charge in [0.25, 0.3) is 0 Å². The third-order valence-electron chi connectivity index (χ3n) is 3.68. The van der Waals surface area contributed by atoms with Crippen molar-refractivity contribution in [3.63, 3.8) is 0 Å². The lowest BCUT2D eigenvalue weighted by atomic mass is 10.2. The van der Waals surface area contributed by atoms with E-state index in [0.29, 0.717) is 12.2 Å². The summed E-state index contributed by atoms with van der Waals surface area (Å²) in [5.41, 5.74) is 0.145. The van der Waals surface area contributed by atoms with E-state index in [9.17, 15) is 12.8 Å². The maximum atomic E-state index is 13.5. The van der Waals surface area contributed by atoms with E-state index in [1.807, 2.05) is 0 Å². The number of aromatic amines is 1. The molecule has 2 aromatic rings. The van der Waals surface area contributed by atoms with E-state index in [2.05, 4.69) is 19.9 Å². The van der Waals surface area contributed by atoms with Gasteiger partial charge in [-0.05, 0) is 18.9 Å². The van der Waals surface area contributed by atoms with Crippen LogP contribution in [0.15, 0.2) is 30.6 Å². The molecule has 23 heavy (non-hydrogen) atoms. The van der Waals surface area contributed by atoms with Crippen LogP contribution >= 0.6 is 0 Å². The van der Waals surface area contributed by atoms with Crippen molar-refractivity contribution in [3.8, 4) is 0 Å². The molecule has 7 nitrogen and oxygen atoms in total. The van der Waals surface area contributed by atoms with Crippen LogP contribution in [-0.2, 0) is 20.5 Å². The van der Waals surface area contributed by atoms with Crippen LogP contribution in [0, 0.1) is 5.82 Å². The van der Waals surface area contributed by atoms with Gasteiger partial charge < -0.3 is 4.74 Å². The number of aromatic nitrogens is 3. The first-order valence-electron chi connectivity index (χ1n) is 7.25. The van der Waals surface area contributed by atoms with Crippen LogP contribution in [0.2, 0.25) is 0 Å². The normalized spacial score (nSPS) is 21.6. The zero-order valence-electron chi connectivity index (χ0n) is 12.3. The van der Waals surface area contributed by atoms with Crippen molar-refractivity contribution < 1.29 is 17.5 Å². The predicted molar refractivity (Wildman–Crippen MR) is 80.3 cm³/mol. The summed E-state index contributed by atoms with van der Waals surface area (Å²) in [6.45, 7) is 0.154. The molecule has 0 spiro atoms. The minimum atomic E-state index is -3.62. The fraction of sp³-hybridized carbons (Fsp3) is 0.429. The molecule has 0 bridgehead atoms. The highest BCUT2D eigenvalue weighted by Crippen LogP contribution is 2.30. The highest BCUT2D eigenvalue weighted by atomic mass is 32.2. The first-order chi connectivity index (χ1) is 11.0. The molecule has 1 fully saturated rings. The molecule has 3 rings (SSSR count). The Kier molecular flexibility index (Phi) is 4.69. The molecule has 0 radical (unpaired) electrons. The molecule has 2 N–H and O–H groups in total. The van der Waals surface area contributed by atoms with E-state index >= 15 is 0 Å². The van der Waals surface area contributed by atoms with E-state index in [-0.39, 0.29) is 24.3 Å². The Morgan fingerprint density at radius 2 is 2.17 bits per heavy atom. The largest absolute Gasteiger partial charge is 0.366 e. The maximum absolute atomic E-state index is 13.5. The third-order valence-corrected chi connectivity index (χ3v) is 4.98. The quantitative estimate of drug-likeness (QED) is 0.826. The summed E-state index contributed by atoms with van der Waals surface area (Å²) in [7, 11) is -3.62. The highest BCUT2D eigenvalue weighted by molar-refractivity contribution is 7.88. The smallest absolute Gasteiger partial charge is 0.215 e. The van der Waals surface area contributed by atoms with Gasteiger partial charge in [0.1, 0.15) is 18.2 Å². The number of sulfonamides is 1. The molecule has 2 atom stereocenters. The van der Waals surface area contributed by atoms with Gasteiger partial charge in [0.05, 0.1) is 11.9 Å². The summed E-state index contributed by atoms with van der Waals surface area (Å²) < 4.78 is 45.9. The summed E-state index contributed by atoms with van der Waals surface area (Å²) >= 11 is 0. The molecule has 124 valence electrons. The van der Waals surface area contributed by atoms with Crippen LogP contribution in [0.1, 0.15) is 30.3 Å². The van der Waals surface area contributed by atoms with Gasteiger partial charge in [0.15, 0.2) is 5.82 Å². The second-order valence-electron chi connectivity index (χ2n) is 5.39. The van der Waals surface area contributed by atoms with Gasteiger partial charge in [-0.15, -0.1) is 0 Å². The topological polar surface area (TPSA) is 97.0 Å². The molecular weight excluding hydrogens is 323 g/mol. The van der Waals surface area contributed by atoms with Crippen LogP contribution in [0.4, 0.5) is 4.39 Å². The predicted octanol–water partition coefficient (Wildman–Crippen LogP) is 1.28. The molecule has 1 aliphatic heterocycles. The monoisotopic (exact) mass is 340 g/mol. The van der Waals surface area contributed by atoms with E-state index in [1.54, 1.807) is 6.07 Å². The number of ether oxygens (including phenoxy) is 1. The number of halogens is 1.